The minimum Gasteiger partial charge on any atom is -0.398 e. The highest BCUT2D eigenvalue weighted by molar-refractivity contribution is 7.99. The molecule has 0 bridgehead atoms. The van der Waals surface area contributed by atoms with Gasteiger partial charge in [0.2, 0.25) is 0 Å². The van der Waals surface area contributed by atoms with E-state index in [1.54, 1.807) is 23.5 Å². The van der Waals surface area contributed by atoms with E-state index in [0.717, 1.165) is 32.7 Å². The highest BCUT2D eigenvalue weighted by Gasteiger charge is 1.99. The third-order valence-corrected chi connectivity index (χ3v) is 5.29. The number of hydrogen-bond acceptors (Lipinski definition) is 6. The molecule has 24 heavy (non-hydrogen) atoms. The summed E-state index contributed by atoms with van der Waals surface area (Å²) < 4.78 is 11.1. The SMILES string of the molecule is Nc1ccccc1SCCOCCOCCSc1ccccc1N. The smallest absolute Gasteiger partial charge is 0.0700 e. The Morgan fingerprint density at radius 1 is 0.625 bits per heavy atom. The average Bonchev–Trinajstić information content (AvgIpc) is 2.59. The first-order chi connectivity index (χ1) is 11.8. The zero-order chi connectivity index (χ0) is 17.0. The minimum absolute atomic E-state index is 0.614. The number of nitrogens with two attached hydrogens (primary N) is 2. The van der Waals surface area contributed by atoms with Gasteiger partial charge in [0.1, 0.15) is 0 Å². The van der Waals surface area contributed by atoms with Crippen LogP contribution in [-0.4, -0.2) is 37.9 Å². The number of rotatable bonds is 11. The summed E-state index contributed by atoms with van der Waals surface area (Å²) in [4.78, 5) is 2.21. The largest absolute Gasteiger partial charge is 0.398 e. The van der Waals surface area contributed by atoms with Crippen LogP contribution in [0.1, 0.15) is 0 Å². The van der Waals surface area contributed by atoms with Crippen molar-refractivity contribution in [1.29, 1.82) is 0 Å². The predicted molar refractivity (Wildman–Crippen MR) is 105 cm³/mol. The highest BCUT2D eigenvalue weighted by Crippen LogP contribution is 2.24. The Kier molecular flexibility index (Phi) is 8.91. The van der Waals surface area contributed by atoms with Gasteiger partial charge in [0.25, 0.3) is 0 Å². The first-order valence-electron chi connectivity index (χ1n) is 7.87. The van der Waals surface area contributed by atoms with Crippen LogP contribution in [0, 0.1) is 0 Å². The van der Waals surface area contributed by atoms with E-state index in [2.05, 4.69) is 0 Å². The summed E-state index contributed by atoms with van der Waals surface area (Å²) in [5.74, 6) is 1.77. The molecule has 4 N–H and O–H groups in total. The van der Waals surface area contributed by atoms with Crippen LogP contribution in [-0.2, 0) is 9.47 Å². The molecule has 0 aliphatic carbocycles. The van der Waals surface area contributed by atoms with E-state index >= 15 is 0 Å². The van der Waals surface area contributed by atoms with Gasteiger partial charge >= 0.3 is 0 Å². The molecule has 0 aromatic heterocycles. The van der Waals surface area contributed by atoms with E-state index in [-0.39, 0.29) is 0 Å². The molecule has 2 aromatic carbocycles. The van der Waals surface area contributed by atoms with Gasteiger partial charge in [0.15, 0.2) is 0 Å². The molecule has 0 aliphatic heterocycles. The van der Waals surface area contributed by atoms with Crippen LogP contribution in [0.4, 0.5) is 11.4 Å². The highest BCUT2D eigenvalue weighted by atomic mass is 32.2. The zero-order valence-corrected chi connectivity index (χ0v) is 15.3. The number of anilines is 2. The fraction of sp³-hybridized carbons (Fsp3) is 0.333. The van der Waals surface area contributed by atoms with Crippen LogP contribution in [0.25, 0.3) is 0 Å². The Morgan fingerprint density at radius 2 is 1.04 bits per heavy atom. The molecule has 4 nitrogen and oxygen atoms in total. The monoisotopic (exact) mass is 364 g/mol. The lowest BCUT2D eigenvalue weighted by atomic mass is 10.3. The topological polar surface area (TPSA) is 70.5 Å². The van der Waals surface area contributed by atoms with Crippen LogP contribution in [0.3, 0.4) is 0 Å². The Hall–Kier alpha value is -1.34. The molecule has 0 radical (unpaired) electrons. The third-order valence-electron chi connectivity index (χ3n) is 3.18. The van der Waals surface area contributed by atoms with Gasteiger partial charge in [-0.1, -0.05) is 24.3 Å². The molecule has 0 amide bonds. The summed E-state index contributed by atoms with van der Waals surface area (Å²) in [5.41, 5.74) is 13.4. The van der Waals surface area contributed by atoms with Crippen molar-refractivity contribution >= 4 is 34.9 Å². The van der Waals surface area contributed by atoms with Crippen molar-refractivity contribution < 1.29 is 9.47 Å². The van der Waals surface area contributed by atoms with E-state index in [0.29, 0.717) is 26.4 Å². The number of ether oxygens (including phenoxy) is 2. The fourth-order valence-electron chi connectivity index (χ4n) is 1.97. The maximum absolute atomic E-state index is 5.89. The van der Waals surface area contributed by atoms with Crippen LogP contribution in [0.5, 0.6) is 0 Å². The first-order valence-corrected chi connectivity index (χ1v) is 9.84. The van der Waals surface area contributed by atoms with Crippen LogP contribution < -0.4 is 11.5 Å². The second-order valence-electron chi connectivity index (χ2n) is 5.00. The van der Waals surface area contributed by atoms with Crippen molar-refractivity contribution in [2.45, 2.75) is 9.79 Å². The van der Waals surface area contributed by atoms with Gasteiger partial charge in [-0.3, -0.25) is 0 Å². The zero-order valence-electron chi connectivity index (χ0n) is 13.6. The van der Waals surface area contributed by atoms with E-state index in [9.17, 15) is 0 Å². The molecule has 0 unspecified atom stereocenters. The maximum Gasteiger partial charge on any atom is 0.0700 e. The lowest BCUT2D eigenvalue weighted by Gasteiger charge is -2.07. The molecule has 130 valence electrons. The van der Waals surface area contributed by atoms with E-state index in [1.807, 2.05) is 48.5 Å². The summed E-state index contributed by atoms with van der Waals surface area (Å²) in [6.45, 7) is 2.61. The second-order valence-corrected chi connectivity index (χ2v) is 7.27. The molecule has 0 heterocycles. The minimum atomic E-state index is 0.614. The van der Waals surface area contributed by atoms with Crippen molar-refractivity contribution in [3.8, 4) is 0 Å². The van der Waals surface area contributed by atoms with Crippen molar-refractivity contribution in [1.82, 2.24) is 0 Å². The maximum atomic E-state index is 5.89. The Morgan fingerprint density at radius 3 is 1.46 bits per heavy atom. The van der Waals surface area contributed by atoms with Crippen molar-refractivity contribution in [3.05, 3.63) is 48.5 Å². The van der Waals surface area contributed by atoms with E-state index < -0.39 is 0 Å². The molecular weight excluding hydrogens is 340 g/mol. The summed E-state index contributed by atoms with van der Waals surface area (Å²) in [6, 6.07) is 15.8. The number of para-hydroxylation sites is 2. The van der Waals surface area contributed by atoms with Crippen LogP contribution in [0.2, 0.25) is 0 Å². The summed E-state index contributed by atoms with van der Waals surface area (Å²) in [6.07, 6.45) is 0. The quantitative estimate of drug-likeness (QED) is 0.359. The lowest BCUT2D eigenvalue weighted by molar-refractivity contribution is 0.0605. The number of nitrogen functional groups attached to an aromatic ring is 2. The van der Waals surface area contributed by atoms with Crippen LogP contribution in [0.15, 0.2) is 58.3 Å². The van der Waals surface area contributed by atoms with Gasteiger partial charge in [-0.25, -0.2) is 0 Å². The van der Waals surface area contributed by atoms with Gasteiger partial charge < -0.3 is 20.9 Å². The number of hydrogen-bond donors (Lipinski definition) is 2. The van der Waals surface area contributed by atoms with Gasteiger partial charge in [0.05, 0.1) is 26.4 Å². The molecule has 2 aromatic rings. The van der Waals surface area contributed by atoms with Gasteiger partial charge in [-0.2, -0.15) is 0 Å². The molecular formula is C18H24N2O2S2. The fourth-order valence-corrected chi connectivity index (χ4v) is 3.63. The average molecular weight is 365 g/mol. The first kappa shape index (κ1) is 19.0. The molecule has 0 fully saturated rings. The van der Waals surface area contributed by atoms with Crippen LogP contribution >= 0.6 is 23.5 Å². The molecule has 0 saturated carbocycles. The Labute approximate surface area is 152 Å². The molecule has 6 heteroatoms. The Balaban J connectivity index is 1.43. The lowest BCUT2D eigenvalue weighted by Crippen LogP contribution is -2.08. The summed E-state index contributed by atoms with van der Waals surface area (Å²) >= 11 is 3.42. The van der Waals surface area contributed by atoms with Gasteiger partial charge in [-0.15, -0.1) is 23.5 Å². The van der Waals surface area contributed by atoms with Crippen molar-refractivity contribution in [2.75, 3.05) is 49.4 Å². The predicted octanol–water partition coefficient (Wildman–Crippen LogP) is 3.77. The number of benzene rings is 2. The van der Waals surface area contributed by atoms with Crippen molar-refractivity contribution in [2.24, 2.45) is 0 Å². The molecule has 2 rings (SSSR count). The summed E-state index contributed by atoms with van der Waals surface area (Å²) in [5, 5.41) is 0. The van der Waals surface area contributed by atoms with E-state index in [1.165, 1.54) is 0 Å². The summed E-state index contributed by atoms with van der Waals surface area (Å²) in [7, 11) is 0. The molecule has 0 saturated heterocycles. The van der Waals surface area contributed by atoms with E-state index in [4.69, 9.17) is 20.9 Å². The number of thioether (sulfide) groups is 2. The van der Waals surface area contributed by atoms with Crippen molar-refractivity contribution in [3.63, 3.8) is 0 Å². The second kappa shape index (κ2) is 11.3. The Bertz CT molecular complexity index is 558. The van der Waals surface area contributed by atoms with Gasteiger partial charge in [0, 0.05) is 32.7 Å². The molecule has 0 aliphatic rings. The molecule has 0 spiro atoms. The van der Waals surface area contributed by atoms with Gasteiger partial charge in [-0.05, 0) is 24.3 Å². The standard InChI is InChI=1S/C18H24N2O2S2/c19-15-5-1-3-7-17(15)23-13-11-21-9-10-22-12-14-24-18-8-4-2-6-16(18)20/h1-8H,9-14,19-20H2. The molecule has 0 atom stereocenters. The normalized spacial score (nSPS) is 10.8. The third kappa shape index (κ3) is 7.05.